The van der Waals surface area contributed by atoms with E-state index in [2.05, 4.69) is 10.3 Å². The van der Waals surface area contributed by atoms with Gasteiger partial charge in [0.15, 0.2) is 5.69 Å². The lowest BCUT2D eigenvalue weighted by Gasteiger charge is -2.29. The van der Waals surface area contributed by atoms with Crippen LogP contribution in [0.3, 0.4) is 0 Å². The van der Waals surface area contributed by atoms with Gasteiger partial charge in [0.2, 0.25) is 12.2 Å². The van der Waals surface area contributed by atoms with E-state index >= 15 is 0 Å². The van der Waals surface area contributed by atoms with Crippen molar-refractivity contribution in [3.05, 3.63) is 86.2 Å². The first-order valence-corrected chi connectivity index (χ1v) is 12.6. The third kappa shape index (κ3) is 4.24. The van der Waals surface area contributed by atoms with Crippen LogP contribution in [-0.2, 0) is 16.5 Å². The first-order valence-electron chi connectivity index (χ1n) is 12.2. The largest absolute Gasteiger partial charge is 0.481 e. The Bertz CT molecular complexity index is 1700. The van der Waals surface area contributed by atoms with Crippen molar-refractivity contribution in [2.75, 3.05) is 19.1 Å². The zero-order chi connectivity index (χ0) is 28.9. The van der Waals surface area contributed by atoms with Crippen LogP contribution in [0.25, 0.3) is 5.57 Å². The van der Waals surface area contributed by atoms with Crippen LogP contribution in [0.5, 0.6) is 0 Å². The van der Waals surface area contributed by atoms with Crippen LogP contribution in [0.4, 0.5) is 10.1 Å². The molecule has 5 rings (SSSR count). The molecule has 0 saturated heterocycles. The molecule has 0 spiro atoms. The van der Waals surface area contributed by atoms with Crippen LogP contribution >= 0.6 is 11.6 Å². The molecule has 1 aromatic carbocycles. The van der Waals surface area contributed by atoms with E-state index in [4.69, 9.17) is 26.1 Å². The van der Waals surface area contributed by atoms with Gasteiger partial charge in [0, 0.05) is 32.6 Å². The maximum Gasteiger partial charge on any atom is 0.279 e. The highest BCUT2D eigenvalue weighted by Gasteiger charge is 2.46. The van der Waals surface area contributed by atoms with Crippen molar-refractivity contribution in [2.24, 2.45) is 12.0 Å². The Hall–Kier alpha value is -4.47. The van der Waals surface area contributed by atoms with Gasteiger partial charge in [-0.05, 0) is 37.6 Å². The number of aliphatic imine (C=N–C) groups is 1. The standard InChI is InChI=1S/C27H25ClFN7O4/c1-13(2)35-22-20(32-23(35)17-11-31-27(40-5)33-24(17)39-4)26(38)36(19-9-16(28)12-34(3)25(19)37)21(22)14-6-7-15(10-30)18(29)8-14/h6-9,11-13,21,27,31H,1-5H3. The Morgan fingerprint density at radius 2 is 1.98 bits per heavy atom. The van der Waals surface area contributed by atoms with Gasteiger partial charge >= 0.3 is 0 Å². The van der Waals surface area contributed by atoms with Crippen LogP contribution in [-0.4, -0.2) is 46.5 Å². The van der Waals surface area contributed by atoms with E-state index in [1.54, 1.807) is 12.3 Å². The molecule has 2 atom stereocenters. The molecule has 0 radical (unpaired) electrons. The number of nitrogens with zero attached hydrogens (tertiary/aromatic N) is 6. The topological polar surface area (TPSA) is 127 Å². The van der Waals surface area contributed by atoms with Crippen molar-refractivity contribution in [2.45, 2.75) is 32.3 Å². The molecule has 0 saturated carbocycles. The highest BCUT2D eigenvalue weighted by Crippen LogP contribution is 2.44. The Balaban J connectivity index is 1.79. The van der Waals surface area contributed by atoms with Crippen LogP contribution in [0.15, 0.2) is 46.4 Å². The van der Waals surface area contributed by atoms with Gasteiger partial charge in [-0.15, -0.1) is 0 Å². The zero-order valence-corrected chi connectivity index (χ0v) is 23.0. The summed E-state index contributed by atoms with van der Waals surface area (Å²) < 4.78 is 28.8. The Morgan fingerprint density at radius 1 is 1.23 bits per heavy atom. The number of ether oxygens (including phenoxy) is 2. The number of rotatable bonds is 5. The molecule has 4 heterocycles. The second-order valence-corrected chi connectivity index (χ2v) is 9.91. The number of aromatic nitrogens is 3. The Morgan fingerprint density at radius 3 is 2.60 bits per heavy atom. The number of nitriles is 1. The number of fused-ring (bicyclic) bond motifs is 1. The highest BCUT2D eigenvalue weighted by molar-refractivity contribution is 6.30. The molecular formula is C27H25ClFN7O4. The van der Waals surface area contributed by atoms with Crippen LogP contribution in [0.1, 0.15) is 59.1 Å². The number of aryl methyl sites for hydroxylation is 1. The maximum absolute atomic E-state index is 14.9. The fourth-order valence-electron chi connectivity index (χ4n) is 4.98. The van der Waals surface area contributed by atoms with Crippen molar-refractivity contribution in [3.8, 4) is 6.07 Å². The van der Waals surface area contributed by atoms with E-state index in [1.807, 2.05) is 24.5 Å². The Labute approximate surface area is 233 Å². The second-order valence-electron chi connectivity index (χ2n) is 9.47. The summed E-state index contributed by atoms with van der Waals surface area (Å²) in [5.41, 5.74) is 0.708. The predicted molar refractivity (Wildman–Crippen MR) is 145 cm³/mol. The molecule has 3 aromatic rings. The molecular weight excluding hydrogens is 541 g/mol. The lowest BCUT2D eigenvalue weighted by atomic mass is 10.0. The van der Waals surface area contributed by atoms with E-state index in [-0.39, 0.29) is 33.9 Å². The fourth-order valence-corrected chi connectivity index (χ4v) is 5.23. The minimum absolute atomic E-state index is 0.00486. The van der Waals surface area contributed by atoms with Gasteiger partial charge in [0.1, 0.15) is 29.4 Å². The van der Waals surface area contributed by atoms with E-state index in [9.17, 15) is 19.2 Å². The highest BCUT2D eigenvalue weighted by atomic mass is 35.5. The molecule has 2 aliphatic rings. The third-order valence-electron chi connectivity index (χ3n) is 6.72. The number of benzene rings is 1. The summed E-state index contributed by atoms with van der Waals surface area (Å²) in [6.45, 7) is 3.82. The van der Waals surface area contributed by atoms with Gasteiger partial charge in [-0.2, -0.15) is 10.3 Å². The summed E-state index contributed by atoms with van der Waals surface area (Å²) in [7, 11) is 4.48. The smallest absolute Gasteiger partial charge is 0.279 e. The first kappa shape index (κ1) is 27.1. The first-order chi connectivity index (χ1) is 19.1. The van der Waals surface area contributed by atoms with Crippen molar-refractivity contribution < 1.29 is 18.7 Å². The van der Waals surface area contributed by atoms with Crippen LogP contribution in [0.2, 0.25) is 5.02 Å². The van der Waals surface area contributed by atoms with Crippen molar-refractivity contribution in [1.29, 1.82) is 5.26 Å². The van der Waals surface area contributed by atoms with Gasteiger partial charge in [0.25, 0.3) is 11.5 Å². The van der Waals surface area contributed by atoms with Crippen LogP contribution < -0.4 is 15.8 Å². The molecule has 2 aromatic heterocycles. The van der Waals surface area contributed by atoms with Crippen molar-refractivity contribution in [1.82, 2.24) is 19.4 Å². The van der Waals surface area contributed by atoms with E-state index in [1.165, 1.54) is 55.1 Å². The SMILES string of the molecule is COC1=NC(OC)NC=C1c1nc2c(n1C(C)C)C(c1ccc(C#N)c(F)c1)N(c1cc(Cl)cn(C)c1=O)C2=O. The molecule has 11 nitrogen and oxygen atoms in total. The average molecular weight is 566 g/mol. The molecule has 2 aliphatic heterocycles. The maximum atomic E-state index is 14.9. The number of hydrogen-bond donors (Lipinski definition) is 1. The summed E-state index contributed by atoms with van der Waals surface area (Å²) >= 11 is 6.29. The van der Waals surface area contributed by atoms with Crippen molar-refractivity contribution >= 4 is 34.7 Å². The predicted octanol–water partition coefficient (Wildman–Crippen LogP) is 3.50. The molecule has 0 aliphatic carbocycles. The summed E-state index contributed by atoms with van der Waals surface area (Å²) in [5, 5.41) is 12.5. The number of carbonyl (C=O) groups is 1. The number of carbonyl (C=O) groups excluding carboxylic acids is 1. The van der Waals surface area contributed by atoms with Gasteiger partial charge in [0.05, 0.1) is 29.0 Å². The van der Waals surface area contributed by atoms with Crippen molar-refractivity contribution in [3.63, 3.8) is 0 Å². The number of amides is 1. The van der Waals surface area contributed by atoms with Gasteiger partial charge in [-0.1, -0.05) is 17.7 Å². The molecule has 13 heteroatoms. The third-order valence-corrected chi connectivity index (χ3v) is 6.92. The number of nitrogens with one attached hydrogen (secondary N) is 1. The molecule has 0 bridgehead atoms. The molecule has 1 amide bonds. The Kier molecular flexibility index (Phi) is 6.95. The van der Waals surface area contributed by atoms with Crippen LogP contribution in [0, 0.1) is 17.1 Å². The zero-order valence-electron chi connectivity index (χ0n) is 22.3. The summed E-state index contributed by atoms with van der Waals surface area (Å²) in [6.07, 6.45) is 2.41. The number of anilines is 1. The number of imidazole rings is 1. The number of methoxy groups -OCH3 is 2. The van der Waals surface area contributed by atoms with Gasteiger partial charge < -0.3 is 23.9 Å². The fraction of sp³-hybridized carbons (Fsp3) is 0.296. The quantitative estimate of drug-likeness (QED) is 0.501. The molecule has 206 valence electrons. The van der Waals surface area contributed by atoms with E-state index < -0.39 is 29.7 Å². The number of halogens is 2. The minimum Gasteiger partial charge on any atom is -0.481 e. The molecule has 2 unspecified atom stereocenters. The summed E-state index contributed by atoms with van der Waals surface area (Å²) in [4.78, 5) is 37.7. The second kappa shape index (κ2) is 10.3. The summed E-state index contributed by atoms with van der Waals surface area (Å²) in [5.74, 6) is -0.701. The lowest BCUT2D eigenvalue weighted by molar-refractivity contribution is 0.0902. The van der Waals surface area contributed by atoms with E-state index in [0.717, 1.165) is 0 Å². The lowest BCUT2D eigenvalue weighted by Crippen LogP contribution is -2.36. The molecule has 0 fully saturated rings. The number of pyridine rings is 1. The number of hydrogen-bond acceptors (Lipinski definition) is 8. The monoisotopic (exact) mass is 565 g/mol. The summed E-state index contributed by atoms with van der Waals surface area (Å²) in [6, 6.07) is 6.08. The van der Waals surface area contributed by atoms with Gasteiger partial charge in [-0.25, -0.2) is 9.37 Å². The normalized spacial score (nSPS) is 18.3. The molecule has 1 N–H and O–H groups in total. The van der Waals surface area contributed by atoms with Gasteiger partial charge in [-0.3, -0.25) is 14.5 Å². The average Bonchev–Trinajstić information content (AvgIpc) is 3.45. The molecule has 40 heavy (non-hydrogen) atoms. The van der Waals surface area contributed by atoms with E-state index in [0.29, 0.717) is 22.7 Å². The minimum atomic E-state index is -0.966.